The van der Waals surface area contributed by atoms with Crippen LogP contribution in [0.4, 0.5) is 15.8 Å². The third kappa shape index (κ3) is 5.37. The number of nitrogens with one attached hydrogen (secondary N) is 3. The lowest BCUT2D eigenvalue weighted by Crippen LogP contribution is -3.16. The highest BCUT2D eigenvalue weighted by Crippen LogP contribution is 2.18. The van der Waals surface area contributed by atoms with E-state index in [0.717, 1.165) is 18.4 Å². The van der Waals surface area contributed by atoms with Crippen LogP contribution in [0.15, 0.2) is 48.5 Å². The molecule has 0 saturated heterocycles. The molecule has 1 aliphatic rings. The second kappa shape index (κ2) is 8.31. The minimum absolute atomic E-state index is 0.0497. The van der Waals surface area contributed by atoms with Crippen LogP contribution < -0.4 is 15.5 Å². The van der Waals surface area contributed by atoms with E-state index in [2.05, 4.69) is 10.6 Å². The molecule has 2 amide bonds. The highest BCUT2D eigenvalue weighted by molar-refractivity contribution is 5.94. The third-order valence-corrected chi connectivity index (χ3v) is 4.85. The Morgan fingerprint density at radius 2 is 1.59 bits per heavy atom. The molecule has 1 unspecified atom stereocenters. The first-order valence-corrected chi connectivity index (χ1v) is 9.21. The van der Waals surface area contributed by atoms with Gasteiger partial charge in [-0.3, -0.25) is 9.59 Å². The summed E-state index contributed by atoms with van der Waals surface area (Å²) < 4.78 is 13.1. The predicted octanol–water partition coefficient (Wildman–Crippen LogP) is 2.36. The first-order chi connectivity index (χ1) is 12.9. The van der Waals surface area contributed by atoms with E-state index in [9.17, 15) is 14.0 Å². The van der Waals surface area contributed by atoms with Gasteiger partial charge in [0.05, 0.1) is 6.04 Å². The number of anilines is 2. The number of quaternary nitrogens is 1. The van der Waals surface area contributed by atoms with Crippen molar-refractivity contribution in [3.05, 3.63) is 59.9 Å². The van der Waals surface area contributed by atoms with Crippen molar-refractivity contribution in [1.82, 2.24) is 0 Å². The van der Waals surface area contributed by atoms with Gasteiger partial charge in [-0.2, -0.15) is 0 Å². The van der Waals surface area contributed by atoms with Crippen molar-refractivity contribution in [3.8, 4) is 0 Å². The summed E-state index contributed by atoms with van der Waals surface area (Å²) in [6, 6.07) is 13.8. The number of carbonyl (C=O) groups excluding carboxylic acids is 2. The Balaban J connectivity index is 1.63. The van der Waals surface area contributed by atoms with Crippen LogP contribution in [0.5, 0.6) is 0 Å². The number of hydrogen-bond acceptors (Lipinski definition) is 2. The van der Waals surface area contributed by atoms with Crippen LogP contribution in [-0.2, 0) is 16.1 Å². The number of benzene rings is 2. The van der Waals surface area contributed by atoms with Crippen molar-refractivity contribution in [2.45, 2.75) is 45.3 Å². The van der Waals surface area contributed by atoms with Crippen LogP contribution in [0.2, 0.25) is 0 Å². The van der Waals surface area contributed by atoms with Crippen molar-refractivity contribution in [3.63, 3.8) is 0 Å². The van der Waals surface area contributed by atoms with Crippen LogP contribution in [0.25, 0.3) is 0 Å². The Bertz CT molecular complexity index is 801. The summed E-state index contributed by atoms with van der Waals surface area (Å²) in [4.78, 5) is 25.0. The first kappa shape index (κ1) is 19.0. The second-order valence-electron chi connectivity index (χ2n) is 7.12. The summed E-state index contributed by atoms with van der Waals surface area (Å²) in [6.45, 7) is 4.08. The fourth-order valence-electron chi connectivity index (χ4n) is 3.20. The van der Waals surface area contributed by atoms with Crippen LogP contribution in [-0.4, -0.2) is 23.9 Å². The van der Waals surface area contributed by atoms with E-state index >= 15 is 0 Å². The number of carbonyl (C=O) groups is 2. The van der Waals surface area contributed by atoms with Crippen LogP contribution in [0.3, 0.4) is 0 Å². The Kier molecular flexibility index (Phi) is 5.86. The lowest BCUT2D eigenvalue weighted by Gasteiger charge is -2.25. The van der Waals surface area contributed by atoms with E-state index in [0.29, 0.717) is 24.0 Å². The van der Waals surface area contributed by atoms with Gasteiger partial charge in [0.15, 0.2) is 6.04 Å². The second-order valence-corrected chi connectivity index (χ2v) is 7.12. The number of rotatable bonds is 7. The molecule has 27 heavy (non-hydrogen) atoms. The number of halogens is 1. The maximum absolute atomic E-state index is 13.1. The highest BCUT2D eigenvalue weighted by Gasteiger charge is 2.39. The molecule has 6 heteroatoms. The summed E-state index contributed by atoms with van der Waals surface area (Å²) in [7, 11) is 0. The highest BCUT2D eigenvalue weighted by atomic mass is 19.1. The van der Waals surface area contributed by atoms with Gasteiger partial charge in [0.1, 0.15) is 12.4 Å². The molecule has 2 atom stereocenters. The zero-order valence-electron chi connectivity index (χ0n) is 15.6. The maximum Gasteiger partial charge on any atom is 0.282 e. The van der Waals surface area contributed by atoms with E-state index in [1.807, 2.05) is 6.92 Å². The largest absolute Gasteiger partial charge is 0.326 e. The molecule has 0 radical (unpaired) electrons. The van der Waals surface area contributed by atoms with Gasteiger partial charge >= 0.3 is 0 Å². The summed E-state index contributed by atoms with van der Waals surface area (Å²) in [5.74, 6) is -0.434. The number of hydrogen-bond donors (Lipinski definition) is 3. The van der Waals surface area contributed by atoms with Crippen molar-refractivity contribution in [2.75, 3.05) is 10.6 Å². The van der Waals surface area contributed by atoms with Gasteiger partial charge < -0.3 is 15.5 Å². The maximum atomic E-state index is 13.1. The summed E-state index contributed by atoms with van der Waals surface area (Å²) >= 11 is 0. The molecular weight excluding hydrogens is 345 g/mol. The van der Waals surface area contributed by atoms with Gasteiger partial charge in [0.2, 0.25) is 5.91 Å². The average molecular weight is 370 g/mol. The fourth-order valence-corrected chi connectivity index (χ4v) is 3.20. The van der Waals surface area contributed by atoms with Gasteiger partial charge in [-0.1, -0.05) is 12.1 Å². The molecule has 0 bridgehead atoms. The zero-order chi connectivity index (χ0) is 19.4. The van der Waals surface area contributed by atoms with Crippen molar-refractivity contribution < 1.29 is 18.9 Å². The first-order valence-electron chi connectivity index (χ1n) is 9.21. The lowest BCUT2D eigenvalue weighted by atomic mass is 10.1. The number of amides is 2. The van der Waals surface area contributed by atoms with E-state index < -0.39 is 0 Å². The molecule has 1 saturated carbocycles. The standard InChI is InChI=1S/C21H24FN3O2/c1-14(21(27)24-19-9-7-18(8-10-19)23-15(2)26)25(20-11-12-20)13-16-3-5-17(22)6-4-16/h3-10,14,20H,11-13H2,1-2H3,(H,23,26)(H,24,27)/p+1/t14-/m1/s1. The van der Waals surface area contributed by atoms with Gasteiger partial charge in [-0.15, -0.1) is 0 Å². The summed E-state index contributed by atoms with van der Waals surface area (Å²) in [5, 5.41) is 5.65. The Labute approximate surface area is 158 Å². The monoisotopic (exact) mass is 370 g/mol. The molecule has 0 aromatic heterocycles. The molecule has 1 fully saturated rings. The molecule has 0 spiro atoms. The van der Waals surface area contributed by atoms with E-state index in [4.69, 9.17) is 0 Å². The lowest BCUT2D eigenvalue weighted by molar-refractivity contribution is -0.938. The van der Waals surface area contributed by atoms with Crippen LogP contribution >= 0.6 is 0 Å². The summed E-state index contributed by atoms with van der Waals surface area (Å²) in [6.07, 6.45) is 2.22. The zero-order valence-corrected chi connectivity index (χ0v) is 15.6. The van der Waals surface area contributed by atoms with Crippen LogP contribution in [0.1, 0.15) is 32.3 Å². The normalized spacial score (nSPS) is 15.7. The molecule has 0 aliphatic heterocycles. The summed E-state index contributed by atoms with van der Waals surface area (Å²) in [5.41, 5.74) is 2.41. The van der Waals surface area contributed by atoms with E-state index in [-0.39, 0.29) is 23.7 Å². The minimum atomic E-state index is -0.250. The molecule has 2 aromatic carbocycles. The molecule has 3 N–H and O–H groups in total. The average Bonchev–Trinajstić information content (AvgIpc) is 3.47. The Hall–Kier alpha value is -2.73. The molecule has 0 heterocycles. The fraction of sp³-hybridized carbons (Fsp3) is 0.333. The Morgan fingerprint density at radius 3 is 2.11 bits per heavy atom. The van der Waals surface area contributed by atoms with Gasteiger partial charge in [0.25, 0.3) is 5.91 Å². The molecule has 142 valence electrons. The van der Waals surface area contributed by atoms with Crippen molar-refractivity contribution in [1.29, 1.82) is 0 Å². The van der Waals surface area contributed by atoms with E-state index in [1.54, 1.807) is 36.4 Å². The Morgan fingerprint density at radius 1 is 1.04 bits per heavy atom. The van der Waals surface area contributed by atoms with Crippen LogP contribution in [0, 0.1) is 5.82 Å². The minimum Gasteiger partial charge on any atom is -0.326 e. The van der Waals surface area contributed by atoms with Gasteiger partial charge in [-0.25, -0.2) is 4.39 Å². The third-order valence-electron chi connectivity index (χ3n) is 4.85. The van der Waals surface area contributed by atoms with Gasteiger partial charge in [-0.05, 0) is 43.3 Å². The predicted molar refractivity (Wildman–Crippen MR) is 103 cm³/mol. The van der Waals surface area contributed by atoms with E-state index in [1.165, 1.54) is 24.0 Å². The molecule has 5 nitrogen and oxygen atoms in total. The van der Waals surface area contributed by atoms with Crippen molar-refractivity contribution >= 4 is 23.2 Å². The topological polar surface area (TPSA) is 62.6 Å². The SMILES string of the molecule is CC(=O)Nc1ccc(NC(=O)[C@@H](C)[NH+](Cc2ccc(F)cc2)C2CC2)cc1. The van der Waals surface area contributed by atoms with Crippen molar-refractivity contribution in [2.24, 2.45) is 0 Å². The molecule has 1 aliphatic carbocycles. The van der Waals surface area contributed by atoms with Gasteiger partial charge in [0, 0.05) is 36.7 Å². The molecule has 2 aromatic rings. The smallest absolute Gasteiger partial charge is 0.282 e. The molecule has 3 rings (SSSR count). The molecular formula is C21H25FN3O2+. The quantitative estimate of drug-likeness (QED) is 0.701.